The smallest absolute Gasteiger partial charge is 0.191 e. The Balaban J connectivity index is 2.02. The summed E-state index contributed by atoms with van der Waals surface area (Å²) in [7, 11) is 3.93. The molecule has 2 aromatic rings. The fourth-order valence-electron chi connectivity index (χ4n) is 2.24. The van der Waals surface area contributed by atoms with Crippen molar-refractivity contribution >= 4 is 23.1 Å². The maximum atomic E-state index is 10.6. The van der Waals surface area contributed by atoms with Gasteiger partial charge in [-0.05, 0) is 43.0 Å². The van der Waals surface area contributed by atoms with E-state index >= 15 is 0 Å². The number of aromatic nitrogens is 1. The highest BCUT2D eigenvalue weighted by atomic mass is 32.1. The third-order valence-corrected chi connectivity index (χ3v) is 4.81. The zero-order valence-corrected chi connectivity index (χ0v) is 16.1. The monoisotopic (exact) mass is 361 g/mol. The van der Waals surface area contributed by atoms with Crippen LogP contribution in [0.2, 0.25) is 0 Å². The number of anilines is 1. The average molecular weight is 362 g/mol. The summed E-state index contributed by atoms with van der Waals surface area (Å²) in [6.07, 6.45) is 1.79. The molecule has 25 heavy (non-hydrogen) atoms. The first-order valence-corrected chi connectivity index (χ1v) is 9.21. The van der Waals surface area contributed by atoms with Gasteiger partial charge in [0, 0.05) is 31.7 Å². The minimum absolute atomic E-state index is 0.388. The lowest BCUT2D eigenvalue weighted by atomic mass is 10.1. The molecule has 7 heteroatoms. The molecule has 0 fully saturated rings. The molecule has 0 aromatic carbocycles. The molecule has 0 bridgehead atoms. The SMILES string of the molecule is CCNC(=NCc1ccnc(N(C)C)c1)NCC(C)(O)c1cccs1. The van der Waals surface area contributed by atoms with Gasteiger partial charge in [-0.3, -0.25) is 0 Å². The van der Waals surface area contributed by atoms with Crippen LogP contribution in [-0.4, -0.2) is 43.2 Å². The van der Waals surface area contributed by atoms with E-state index in [0.29, 0.717) is 19.0 Å². The fourth-order valence-corrected chi connectivity index (χ4v) is 3.03. The third kappa shape index (κ3) is 5.72. The summed E-state index contributed by atoms with van der Waals surface area (Å²) in [4.78, 5) is 11.8. The average Bonchev–Trinajstić information content (AvgIpc) is 3.13. The molecular weight excluding hydrogens is 334 g/mol. The van der Waals surface area contributed by atoms with Gasteiger partial charge in [-0.2, -0.15) is 0 Å². The normalized spacial score (nSPS) is 14.0. The second kappa shape index (κ2) is 8.82. The Labute approximate surface area is 153 Å². The Bertz CT molecular complexity index is 683. The van der Waals surface area contributed by atoms with Crippen LogP contribution in [0, 0.1) is 0 Å². The van der Waals surface area contributed by atoms with E-state index in [2.05, 4.69) is 20.6 Å². The molecule has 6 nitrogen and oxygen atoms in total. The third-order valence-electron chi connectivity index (χ3n) is 3.68. The van der Waals surface area contributed by atoms with Crippen molar-refractivity contribution in [2.75, 3.05) is 32.1 Å². The standard InChI is InChI=1S/C18H27N5OS/c1-5-19-17(22-13-18(2,24)15-7-6-10-25-15)21-12-14-8-9-20-16(11-14)23(3)4/h6-11,24H,5,12-13H2,1-4H3,(H2,19,21,22). The van der Waals surface area contributed by atoms with Crippen LogP contribution in [0.15, 0.2) is 40.8 Å². The number of pyridine rings is 1. The predicted molar refractivity (Wildman–Crippen MR) is 105 cm³/mol. The number of aliphatic imine (C=N–C) groups is 1. The van der Waals surface area contributed by atoms with E-state index in [9.17, 15) is 5.11 Å². The van der Waals surface area contributed by atoms with Gasteiger partial charge in [0.25, 0.3) is 0 Å². The number of thiophene rings is 1. The maximum absolute atomic E-state index is 10.6. The summed E-state index contributed by atoms with van der Waals surface area (Å²) in [5, 5.41) is 19.0. The molecule has 0 aliphatic carbocycles. The van der Waals surface area contributed by atoms with Gasteiger partial charge in [0.2, 0.25) is 0 Å². The van der Waals surface area contributed by atoms with Crippen LogP contribution in [-0.2, 0) is 12.1 Å². The Kier molecular flexibility index (Phi) is 6.78. The Hall–Kier alpha value is -2.12. The van der Waals surface area contributed by atoms with Crippen molar-refractivity contribution < 1.29 is 5.11 Å². The molecule has 0 aliphatic heterocycles. The van der Waals surface area contributed by atoms with E-state index in [1.54, 1.807) is 17.5 Å². The summed E-state index contributed by atoms with van der Waals surface area (Å²) < 4.78 is 0. The molecule has 0 radical (unpaired) electrons. The number of nitrogens with zero attached hydrogens (tertiary/aromatic N) is 3. The number of hydrogen-bond donors (Lipinski definition) is 3. The topological polar surface area (TPSA) is 72.8 Å². The van der Waals surface area contributed by atoms with Crippen LogP contribution in [0.25, 0.3) is 0 Å². The molecular formula is C18H27N5OS. The number of nitrogens with one attached hydrogen (secondary N) is 2. The zero-order valence-electron chi connectivity index (χ0n) is 15.3. The summed E-state index contributed by atoms with van der Waals surface area (Å²) in [5.41, 5.74) is 0.153. The molecule has 0 saturated carbocycles. The lowest BCUT2D eigenvalue weighted by molar-refractivity contribution is 0.0655. The van der Waals surface area contributed by atoms with E-state index in [0.717, 1.165) is 22.8 Å². The largest absolute Gasteiger partial charge is 0.383 e. The number of guanidine groups is 1. The molecule has 0 amide bonds. The second-order valence-corrected chi connectivity index (χ2v) is 7.16. The Morgan fingerprint density at radius 2 is 2.16 bits per heavy atom. The van der Waals surface area contributed by atoms with Crippen LogP contribution < -0.4 is 15.5 Å². The second-order valence-electron chi connectivity index (χ2n) is 6.22. The van der Waals surface area contributed by atoms with Gasteiger partial charge in [-0.25, -0.2) is 9.98 Å². The summed E-state index contributed by atoms with van der Waals surface area (Å²) in [5.74, 6) is 1.59. The highest BCUT2D eigenvalue weighted by Gasteiger charge is 2.24. The zero-order chi connectivity index (χ0) is 18.3. The Morgan fingerprint density at radius 1 is 1.36 bits per heavy atom. The Morgan fingerprint density at radius 3 is 2.80 bits per heavy atom. The van der Waals surface area contributed by atoms with Crippen LogP contribution in [0.3, 0.4) is 0 Å². The molecule has 1 atom stereocenters. The lowest BCUT2D eigenvalue weighted by Gasteiger charge is -2.23. The molecule has 0 spiro atoms. The van der Waals surface area contributed by atoms with E-state index in [1.807, 2.05) is 62.5 Å². The van der Waals surface area contributed by atoms with Crippen LogP contribution in [0.4, 0.5) is 5.82 Å². The maximum Gasteiger partial charge on any atom is 0.191 e. The highest BCUT2D eigenvalue weighted by Crippen LogP contribution is 2.24. The molecule has 1 unspecified atom stereocenters. The van der Waals surface area contributed by atoms with E-state index in [1.165, 1.54) is 0 Å². The summed E-state index contributed by atoms with van der Waals surface area (Å²) >= 11 is 1.55. The molecule has 0 aliphatic rings. The minimum Gasteiger partial charge on any atom is -0.383 e. The number of aliphatic hydroxyl groups is 1. The summed E-state index contributed by atoms with van der Waals surface area (Å²) in [6.45, 7) is 5.51. The van der Waals surface area contributed by atoms with Crippen molar-refractivity contribution in [3.05, 3.63) is 46.3 Å². The van der Waals surface area contributed by atoms with Gasteiger partial charge < -0.3 is 20.6 Å². The quantitative estimate of drug-likeness (QED) is 0.521. The molecule has 3 N–H and O–H groups in total. The first kappa shape index (κ1) is 19.2. The molecule has 0 saturated heterocycles. The lowest BCUT2D eigenvalue weighted by Crippen LogP contribution is -2.44. The molecule has 2 rings (SSSR count). The van der Waals surface area contributed by atoms with Crippen molar-refractivity contribution in [1.82, 2.24) is 15.6 Å². The van der Waals surface area contributed by atoms with Crippen molar-refractivity contribution in [2.45, 2.75) is 26.0 Å². The van der Waals surface area contributed by atoms with Crippen LogP contribution >= 0.6 is 11.3 Å². The van der Waals surface area contributed by atoms with Crippen LogP contribution in [0.5, 0.6) is 0 Å². The molecule has 2 heterocycles. The predicted octanol–water partition coefficient (Wildman–Crippen LogP) is 2.17. The van der Waals surface area contributed by atoms with Gasteiger partial charge in [0.15, 0.2) is 5.96 Å². The van der Waals surface area contributed by atoms with E-state index in [-0.39, 0.29) is 0 Å². The van der Waals surface area contributed by atoms with E-state index in [4.69, 9.17) is 0 Å². The highest BCUT2D eigenvalue weighted by molar-refractivity contribution is 7.10. The van der Waals surface area contributed by atoms with Gasteiger partial charge >= 0.3 is 0 Å². The van der Waals surface area contributed by atoms with Crippen LogP contribution in [0.1, 0.15) is 24.3 Å². The first-order chi connectivity index (χ1) is 11.9. The number of hydrogen-bond acceptors (Lipinski definition) is 5. The minimum atomic E-state index is -0.931. The van der Waals surface area contributed by atoms with Gasteiger partial charge in [0.1, 0.15) is 11.4 Å². The van der Waals surface area contributed by atoms with Crippen molar-refractivity contribution in [1.29, 1.82) is 0 Å². The van der Waals surface area contributed by atoms with Gasteiger partial charge in [-0.15, -0.1) is 11.3 Å². The fraction of sp³-hybridized carbons (Fsp3) is 0.444. The van der Waals surface area contributed by atoms with Crippen molar-refractivity contribution in [3.63, 3.8) is 0 Å². The van der Waals surface area contributed by atoms with Gasteiger partial charge in [-0.1, -0.05) is 6.07 Å². The summed E-state index contributed by atoms with van der Waals surface area (Å²) in [6, 6.07) is 7.87. The van der Waals surface area contributed by atoms with Gasteiger partial charge in [0.05, 0.1) is 13.1 Å². The number of rotatable bonds is 7. The molecule has 2 aromatic heterocycles. The molecule has 136 valence electrons. The van der Waals surface area contributed by atoms with Crippen molar-refractivity contribution in [2.24, 2.45) is 4.99 Å². The van der Waals surface area contributed by atoms with Crippen molar-refractivity contribution in [3.8, 4) is 0 Å². The first-order valence-electron chi connectivity index (χ1n) is 8.33. The van der Waals surface area contributed by atoms with E-state index < -0.39 is 5.60 Å².